The molecule has 0 heterocycles. The first-order chi connectivity index (χ1) is 6.44. The van der Waals surface area contributed by atoms with E-state index in [0.717, 1.165) is 5.57 Å². The van der Waals surface area contributed by atoms with E-state index < -0.39 is 6.10 Å². The smallest absolute Gasteiger partial charge is 0.117 e. The van der Waals surface area contributed by atoms with E-state index in [2.05, 4.69) is 31.9 Å². The van der Waals surface area contributed by atoms with E-state index in [0.29, 0.717) is 12.8 Å². The molecule has 4 heteroatoms. The number of hydrogen-bond acceptors (Lipinski definition) is 2. The molecular formula is C10H14Br2O2. The first-order valence-corrected chi connectivity index (χ1v) is 6.18. The number of aliphatic hydroxyl groups excluding tert-OH is 2. The molecule has 80 valence electrons. The van der Waals surface area contributed by atoms with E-state index in [4.69, 9.17) is 0 Å². The molecule has 0 bridgehead atoms. The average molecular weight is 326 g/mol. The van der Waals surface area contributed by atoms with Gasteiger partial charge in [-0.2, -0.15) is 0 Å². The molecular weight excluding hydrogens is 312 g/mol. The zero-order valence-corrected chi connectivity index (χ0v) is 11.1. The van der Waals surface area contributed by atoms with Crippen LogP contribution >= 0.6 is 31.9 Å². The Morgan fingerprint density at radius 2 is 2.21 bits per heavy atom. The molecule has 1 aliphatic carbocycles. The second-order valence-corrected chi connectivity index (χ2v) is 7.15. The summed E-state index contributed by atoms with van der Waals surface area (Å²) in [7, 11) is 0. The molecule has 0 aromatic heterocycles. The molecule has 1 rings (SSSR count). The normalized spacial score (nSPS) is 27.2. The molecule has 0 spiro atoms. The molecule has 0 saturated heterocycles. The van der Waals surface area contributed by atoms with Crippen molar-refractivity contribution in [3.05, 3.63) is 23.8 Å². The monoisotopic (exact) mass is 324 g/mol. The lowest BCUT2D eigenvalue weighted by Crippen LogP contribution is -2.21. The maximum Gasteiger partial charge on any atom is 0.117 e. The summed E-state index contributed by atoms with van der Waals surface area (Å²) in [5.74, 6) is 0. The Bertz CT molecular complexity index is 259. The SMILES string of the molecule is CCC(O)CC1=CC(Br)(Br)C=CC1O. The van der Waals surface area contributed by atoms with Crippen LogP contribution in [0.1, 0.15) is 19.8 Å². The van der Waals surface area contributed by atoms with Crippen molar-refractivity contribution < 1.29 is 10.2 Å². The predicted molar refractivity (Wildman–Crippen MR) is 64.7 cm³/mol. The van der Waals surface area contributed by atoms with Crippen molar-refractivity contribution >= 4 is 31.9 Å². The van der Waals surface area contributed by atoms with Gasteiger partial charge in [-0.25, -0.2) is 0 Å². The Morgan fingerprint density at radius 1 is 1.57 bits per heavy atom. The van der Waals surface area contributed by atoms with Crippen molar-refractivity contribution in [2.24, 2.45) is 0 Å². The predicted octanol–water partition coefficient (Wildman–Crippen LogP) is 2.49. The van der Waals surface area contributed by atoms with Crippen molar-refractivity contribution in [2.45, 2.75) is 35.2 Å². The van der Waals surface area contributed by atoms with Gasteiger partial charge in [0.05, 0.1) is 12.2 Å². The summed E-state index contributed by atoms with van der Waals surface area (Å²) < 4.78 is -0.373. The zero-order valence-electron chi connectivity index (χ0n) is 7.95. The first kappa shape index (κ1) is 12.4. The van der Waals surface area contributed by atoms with E-state index in [9.17, 15) is 10.2 Å². The number of allylic oxidation sites excluding steroid dienone is 2. The van der Waals surface area contributed by atoms with Crippen molar-refractivity contribution in [1.29, 1.82) is 0 Å². The number of halogens is 2. The van der Waals surface area contributed by atoms with Crippen LogP contribution in [0.5, 0.6) is 0 Å². The molecule has 1 aliphatic rings. The van der Waals surface area contributed by atoms with Crippen LogP contribution in [0.2, 0.25) is 0 Å². The second-order valence-electron chi connectivity index (χ2n) is 3.46. The lowest BCUT2D eigenvalue weighted by atomic mass is 9.96. The fourth-order valence-corrected chi connectivity index (χ4v) is 2.21. The third-order valence-electron chi connectivity index (χ3n) is 2.20. The Balaban J connectivity index is 2.71. The van der Waals surface area contributed by atoms with Gasteiger partial charge in [-0.1, -0.05) is 57.0 Å². The molecule has 2 atom stereocenters. The fourth-order valence-electron chi connectivity index (χ4n) is 1.32. The van der Waals surface area contributed by atoms with Gasteiger partial charge in [0.25, 0.3) is 0 Å². The highest BCUT2D eigenvalue weighted by Crippen LogP contribution is 2.36. The van der Waals surface area contributed by atoms with Gasteiger partial charge in [0.15, 0.2) is 0 Å². The lowest BCUT2D eigenvalue weighted by molar-refractivity contribution is 0.157. The minimum absolute atomic E-state index is 0.373. The van der Waals surface area contributed by atoms with Gasteiger partial charge in [0, 0.05) is 0 Å². The fraction of sp³-hybridized carbons (Fsp3) is 0.600. The summed E-state index contributed by atoms with van der Waals surface area (Å²) >= 11 is 6.87. The van der Waals surface area contributed by atoms with Crippen LogP contribution in [0.3, 0.4) is 0 Å². The van der Waals surface area contributed by atoms with Crippen LogP contribution in [0.4, 0.5) is 0 Å². The number of rotatable bonds is 3. The number of alkyl halides is 2. The van der Waals surface area contributed by atoms with E-state index in [-0.39, 0.29) is 9.34 Å². The van der Waals surface area contributed by atoms with E-state index in [1.807, 2.05) is 19.1 Å². The molecule has 14 heavy (non-hydrogen) atoms. The highest BCUT2D eigenvalue weighted by molar-refractivity contribution is 9.25. The largest absolute Gasteiger partial charge is 0.393 e. The third-order valence-corrected chi connectivity index (χ3v) is 3.19. The summed E-state index contributed by atoms with van der Waals surface area (Å²) in [4.78, 5) is 0. The summed E-state index contributed by atoms with van der Waals surface area (Å²) in [6.07, 6.45) is 5.70. The maximum atomic E-state index is 9.64. The molecule has 2 unspecified atom stereocenters. The molecule has 0 radical (unpaired) electrons. The second kappa shape index (κ2) is 4.92. The van der Waals surface area contributed by atoms with Crippen molar-refractivity contribution in [1.82, 2.24) is 0 Å². The van der Waals surface area contributed by atoms with Gasteiger partial charge in [0.2, 0.25) is 0 Å². The molecule has 0 aliphatic heterocycles. The van der Waals surface area contributed by atoms with Crippen molar-refractivity contribution in [3.63, 3.8) is 0 Å². The maximum absolute atomic E-state index is 9.64. The number of hydrogen-bond donors (Lipinski definition) is 2. The van der Waals surface area contributed by atoms with Crippen LogP contribution < -0.4 is 0 Å². The quantitative estimate of drug-likeness (QED) is 0.618. The lowest BCUT2D eigenvalue weighted by Gasteiger charge is -2.23. The third kappa shape index (κ3) is 3.50. The van der Waals surface area contributed by atoms with E-state index >= 15 is 0 Å². The van der Waals surface area contributed by atoms with Gasteiger partial charge in [-0.15, -0.1) is 0 Å². The van der Waals surface area contributed by atoms with E-state index in [1.165, 1.54) is 0 Å². The standard InChI is InChI=1S/C10H14Br2O2/c1-2-8(13)5-7-6-10(11,12)4-3-9(7)14/h3-4,6,8-9,13-14H,2,5H2,1H3. The minimum Gasteiger partial charge on any atom is -0.393 e. The van der Waals surface area contributed by atoms with E-state index in [1.54, 1.807) is 6.08 Å². The van der Waals surface area contributed by atoms with Crippen LogP contribution in [0.25, 0.3) is 0 Å². The Kier molecular flexibility index (Phi) is 4.37. The molecule has 0 amide bonds. The van der Waals surface area contributed by atoms with Crippen LogP contribution in [-0.4, -0.2) is 25.7 Å². The van der Waals surface area contributed by atoms with Crippen LogP contribution in [-0.2, 0) is 0 Å². The average Bonchev–Trinajstić information content (AvgIpc) is 2.11. The Labute approximate surface area is 101 Å². The van der Waals surface area contributed by atoms with Crippen LogP contribution in [0.15, 0.2) is 23.8 Å². The summed E-state index contributed by atoms with van der Waals surface area (Å²) in [5.41, 5.74) is 0.843. The Morgan fingerprint density at radius 3 is 2.79 bits per heavy atom. The first-order valence-electron chi connectivity index (χ1n) is 4.59. The molecule has 2 N–H and O–H groups in total. The molecule has 0 aromatic carbocycles. The van der Waals surface area contributed by atoms with Gasteiger partial charge < -0.3 is 10.2 Å². The highest BCUT2D eigenvalue weighted by atomic mass is 79.9. The summed E-state index contributed by atoms with van der Waals surface area (Å²) in [6, 6.07) is 0. The van der Waals surface area contributed by atoms with Crippen LogP contribution in [0, 0.1) is 0 Å². The zero-order chi connectivity index (χ0) is 10.8. The van der Waals surface area contributed by atoms with Gasteiger partial charge in [0.1, 0.15) is 3.23 Å². The highest BCUT2D eigenvalue weighted by Gasteiger charge is 2.24. The van der Waals surface area contributed by atoms with Crippen molar-refractivity contribution in [3.8, 4) is 0 Å². The summed E-state index contributed by atoms with van der Waals surface area (Å²) in [6.45, 7) is 1.92. The molecule has 0 aromatic rings. The number of aliphatic hydroxyl groups is 2. The van der Waals surface area contributed by atoms with Gasteiger partial charge in [-0.05, 0) is 18.4 Å². The van der Waals surface area contributed by atoms with Crippen molar-refractivity contribution in [2.75, 3.05) is 0 Å². The summed E-state index contributed by atoms with van der Waals surface area (Å²) in [5, 5.41) is 19.1. The topological polar surface area (TPSA) is 40.5 Å². The molecule has 0 fully saturated rings. The van der Waals surface area contributed by atoms with Gasteiger partial charge >= 0.3 is 0 Å². The van der Waals surface area contributed by atoms with Gasteiger partial charge in [-0.3, -0.25) is 0 Å². The Hall–Kier alpha value is 0.360. The molecule has 0 saturated carbocycles. The molecule has 2 nitrogen and oxygen atoms in total. The minimum atomic E-state index is -0.570.